The third-order valence-corrected chi connectivity index (χ3v) is 6.32. The summed E-state index contributed by atoms with van der Waals surface area (Å²) < 4.78 is 5.74. The van der Waals surface area contributed by atoms with Crippen molar-refractivity contribution in [1.29, 1.82) is 0 Å². The van der Waals surface area contributed by atoms with Gasteiger partial charge in [0.05, 0.1) is 18.0 Å². The minimum Gasteiger partial charge on any atom is -0.492 e. The van der Waals surface area contributed by atoms with Crippen molar-refractivity contribution < 1.29 is 14.3 Å². The molecule has 1 fully saturated rings. The second-order valence-corrected chi connectivity index (χ2v) is 8.42. The van der Waals surface area contributed by atoms with Crippen molar-refractivity contribution in [3.05, 3.63) is 88.9 Å². The van der Waals surface area contributed by atoms with E-state index in [1.807, 2.05) is 55.5 Å². The zero-order valence-corrected chi connectivity index (χ0v) is 18.5. The number of amides is 2. The van der Waals surface area contributed by atoms with E-state index in [0.29, 0.717) is 34.4 Å². The average molecular weight is 453 g/mol. The summed E-state index contributed by atoms with van der Waals surface area (Å²) in [5.41, 5.74) is 2.96. The van der Waals surface area contributed by atoms with Crippen LogP contribution in [0, 0.1) is 0 Å². The van der Waals surface area contributed by atoms with Crippen LogP contribution in [0.25, 0.3) is 0 Å². The van der Waals surface area contributed by atoms with Crippen LogP contribution in [0.4, 0.5) is 11.4 Å². The molecule has 3 aromatic rings. The van der Waals surface area contributed by atoms with Gasteiger partial charge in [0, 0.05) is 16.3 Å². The number of thioether (sulfide) groups is 1. The smallest absolute Gasteiger partial charge is 0.255 e. The molecule has 0 aliphatic carbocycles. The molecule has 2 amide bonds. The molecule has 7 heteroatoms. The molecule has 0 aromatic heterocycles. The van der Waals surface area contributed by atoms with Crippen LogP contribution in [0.15, 0.2) is 72.8 Å². The maximum atomic E-state index is 12.7. The highest BCUT2D eigenvalue weighted by Gasteiger charge is 2.35. The van der Waals surface area contributed by atoms with Crippen LogP contribution in [0.1, 0.15) is 28.2 Å². The van der Waals surface area contributed by atoms with Gasteiger partial charge in [-0.05, 0) is 61.0 Å². The number of hydrogen-bond acceptors (Lipinski definition) is 4. The van der Waals surface area contributed by atoms with Gasteiger partial charge in [0.25, 0.3) is 5.91 Å². The Morgan fingerprint density at radius 3 is 2.52 bits per heavy atom. The molecule has 0 bridgehead atoms. The van der Waals surface area contributed by atoms with E-state index in [9.17, 15) is 9.59 Å². The number of hydrogen-bond donors (Lipinski definition) is 1. The highest BCUT2D eigenvalue weighted by molar-refractivity contribution is 8.00. The highest BCUT2D eigenvalue weighted by atomic mass is 35.5. The van der Waals surface area contributed by atoms with Crippen molar-refractivity contribution >= 4 is 46.6 Å². The maximum Gasteiger partial charge on any atom is 0.255 e. The van der Waals surface area contributed by atoms with Crippen LogP contribution in [-0.4, -0.2) is 24.2 Å². The summed E-state index contributed by atoms with van der Waals surface area (Å²) in [6.45, 7) is 2.45. The Labute approximate surface area is 190 Å². The SMILES string of the molecule is CCOc1ccccc1N1C(=O)CSC1c1ccc(NC(=O)c2ccc(Cl)cc2)cc1. The van der Waals surface area contributed by atoms with E-state index in [-0.39, 0.29) is 17.2 Å². The third kappa shape index (κ3) is 4.70. The lowest BCUT2D eigenvalue weighted by Gasteiger charge is -2.26. The van der Waals surface area contributed by atoms with E-state index >= 15 is 0 Å². The van der Waals surface area contributed by atoms with Gasteiger partial charge in [-0.2, -0.15) is 0 Å². The predicted molar refractivity (Wildman–Crippen MR) is 126 cm³/mol. The lowest BCUT2D eigenvalue weighted by atomic mass is 10.1. The number of rotatable bonds is 6. The van der Waals surface area contributed by atoms with Crippen molar-refractivity contribution in [1.82, 2.24) is 0 Å². The van der Waals surface area contributed by atoms with E-state index in [1.54, 1.807) is 40.9 Å². The molecule has 1 saturated heterocycles. The Bertz CT molecular complexity index is 1090. The molecule has 3 aromatic carbocycles. The standard InChI is InChI=1S/C24H21ClN2O3S/c1-2-30-21-6-4-3-5-20(21)27-22(28)15-31-24(27)17-9-13-19(14-10-17)26-23(29)16-7-11-18(25)12-8-16/h3-14,24H,2,15H2,1H3,(H,26,29). The summed E-state index contributed by atoms with van der Waals surface area (Å²) >= 11 is 7.45. The number of para-hydroxylation sites is 2. The number of nitrogens with zero attached hydrogens (tertiary/aromatic N) is 1. The Kier molecular flexibility index (Phi) is 6.49. The molecule has 158 valence electrons. The van der Waals surface area contributed by atoms with Gasteiger partial charge >= 0.3 is 0 Å². The average Bonchev–Trinajstić information content (AvgIpc) is 3.16. The van der Waals surface area contributed by atoms with Gasteiger partial charge < -0.3 is 10.1 Å². The van der Waals surface area contributed by atoms with Crippen molar-refractivity contribution in [2.75, 3.05) is 22.6 Å². The summed E-state index contributed by atoms with van der Waals surface area (Å²) in [7, 11) is 0. The molecule has 0 radical (unpaired) electrons. The molecular weight excluding hydrogens is 432 g/mol. The first kappa shape index (κ1) is 21.3. The first-order valence-electron chi connectivity index (χ1n) is 9.89. The molecule has 0 saturated carbocycles. The topological polar surface area (TPSA) is 58.6 Å². The summed E-state index contributed by atoms with van der Waals surface area (Å²) in [5, 5.41) is 3.31. The maximum absolute atomic E-state index is 12.7. The summed E-state index contributed by atoms with van der Waals surface area (Å²) in [5.74, 6) is 0.933. The summed E-state index contributed by atoms with van der Waals surface area (Å²) in [6.07, 6.45) is 0. The number of halogens is 1. The fourth-order valence-electron chi connectivity index (χ4n) is 3.40. The van der Waals surface area contributed by atoms with Gasteiger partial charge in [-0.25, -0.2) is 0 Å². The van der Waals surface area contributed by atoms with E-state index in [0.717, 1.165) is 11.3 Å². The van der Waals surface area contributed by atoms with Crippen LogP contribution in [0.5, 0.6) is 5.75 Å². The lowest BCUT2D eigenvalue weighted by Crippen LogP contribution is -2.28. The first-order chi connectivity index (χ1) is 15.1. The molecule has 1 heterocycles. The van der Waals surface area contributed by atoms with Gasteiger partial charge in [0.2, 0.25) is 5.91 Å². The van der Waals surface area contributed by atoms with Gasteiger partial charge in [-0.15, -0.1) is 11.8 Å². The Hall–Kier alpha value is -2.96. The minimum atomic E-state index is -0.206. The number of nitrogens with one attached hydrogen (secondary N) is 1. The van der Waals surface area contributed by atoms with Crippen molar-refractivity contribution in [3.63, 3.8) is 0 Å². The summed E-state index contributed by atoms with van der Waals surface area (Å²) in [4.78, 5) is 26.9. The second kappa shape index (κ2) is 9.45. The summed E-state index contributed by atoms with van der Waals surface area (Å²) in [6, 6.07) is 21.9. The third-order valence-electron chi connectivity index (χ3n) is 4.85. The molecule has 5 nitrogen and oxygen atoms in total. The Balaban J connectivity index is 1.53. The quantitative estimate of drug-likeness (QED) is 0.515. The molecule has 1 aliphatic rings. The number of benzene rings is 3. The van der Waals surface area contributed by atoms with E-state index in [1.165, 1.54) is 0 Å². The molecule has 1 aliphatic heterocycles. The van der Waals surface area contributed by atoms with Gasteiger partial charge in [0.1, 0.15) is 11.1 Å². The monoisotopic (exact) mass is 452 g/mol. The molecule has 4 rings (SSSR count). The van der Waals surface area contributed by atoms with Crippen LogP contribution >= 0.6 is 23.4 Å². The van der Waals surface area contributed by atoms with Gasteiger partial charge in [-0.3, -0.25) is 14.5 Å². The normalized spacial score (nSPS) is 15.7. The lowest BCUT2D eigenvalue weighted by molar-refractivity contribution is -0.115. The molecular formula is C24H21ClN2O3S. The predicted octanol–water partition coefficient (Wildman–Crippen LogP) is 5.77. The van der Waals surface area contributed by atoms with Gasteiger partial charge in [-0.1, -0.05) is 35.9 Å². The van der Waals surface area contributed by atoms with Crippen LogP contribution in [0.3, 0.4) is 0 Å². The van der Waals surface area contributed by atoms with Gasteiger partial charge in [0.15, 0.2) is 0 Å². The molecule has 1 N–H and O–H groups in total. The largest absolute Gasteiger partial charge is 0.492 e. The molecule has 1 atom stereocenters. The fourth-order valence-corrected chi connectivity index (χ4v) is 4.70. The van der Waals surface area contributed by atoms with Crippen molar-refractivity contribution in [3.8, 4) is 5.75 Å². The molecule has 0 spiro atoms. The zero-order chi connectivity index (χ0) is 21.8. The zero-order valence-electron chi connectivity index (χ0n) is 16.9. The Morgan fingerprint density at radius 2 is 1.81 bits per heavy atom. The number of ether oxygens (including phenoxy) is 1. The molecule has 1 unspecified atom stereocenters. The van der Waals surface area contributed by atoms with E-state index in [2.05, 4.69) is 5.32 Å². The number of anilines is 2. The number of carbonyl (C=O) groups is 2. The van der Waals surface area contributed by atoms with Crippen LogP contribution < -0.4 is 15.0 Å². The van der Waals surface area contributed by atoms with Crippen molar-refractivity contribution in [2.24, 2.45) is 0 Å². The van der Waals surface area contributed by atoms with E-state index in [4.69, 9.17) is 16.3 Å². The Morgan fingerprint density at radius 1 is 1.10 bits per heavy atom. The number of carbonyl (C=O) groups excluding carboxylic acids is 2. The highest BCUT2D eigenvalue weighted by Crippen LogP contribution is 2.44. The fraction of sp³-hybridized carbons (Fsp3) is 0.167. The van der Waals surface area contributed by atoms with Crippen LogP contribution in [0.2, 0.25) is 5.02 Å². The minimum absolute atomic E-state index is 0.0438. The van der Waals surface area contributed by atoms with E-state index < -0.39 is 0 Å². The van der Waals surface area contributed by atoms with Crippen molar-refractivity contribution in [2.45, 2.75) is 12.3 Å². The second-order valence-electron chi connectivity index (χ2n) is 6.91. The first-order valence-corrected chi connectivity index (χ1v) is 11.3. The molecule has 31 heavy (non-hydrogen) atoms. The van der Waals surface area contributed by atoms with Crippen LogP contribution in [-0.2, 0) is 4.79 Å².